The SMILES string of the molecule is C=C(C)C(=O)ON(CC)C(C)(C)CC.Cl. The van der Waals surface area contributed by atoms with Gasteiger partial charge in [0.2, 0.25) is 0 Å². The molecule has 0 unspecified atom stereocenters. The van der Waals surface area contributed by atoms with Crippen LogP contribution in [-0.2, 0) is 9.63 Å². The lowest BCUT2D eigenvalue weighted by Gasteiger charge is -2.34. The minimum absolute atomic E-state index is 0. The van der Waals surface area contributed by atoms with Crippen molar-refractivity contribution in [2.75, 3.05) is 6.54 Å². The van der Waals surface area contributed by atoms with E-state index in [1.807, 2.05) is 20.8 Å². The highest BCUT2D eigenvalue weighted by Gasteiger charge is 2.27. The summed E-state index contributed by atoms with van der Waals surface area (Å²) in [6, 6.07) is 0. The van der Waals surface area contributed by atoms with E-state index in [9.17, 15) is 4.79 Å². The average molecular weight is 236 g/mol. The van der Waals surface area contributed by atoms with E-state index in [4.69, 9.17) is 4.84 Å². The highest BCUT2D eigenvalue weighted by molar-refractivity contribution is 5.86. The fourth-order valence-corrected chi connectivity index (χ4v) is 0.970. The van der Waals surface area contributed by atoms with Crippen molar-refractivity contribution in [1.82, 2.24) is 5.06 Å². The molecule has 0 aromatic rings. The Labute approximate surface area is 98.8 Å². The van der Waals surface area contributed by atoms with Gasteiger partial charge in [0.05, 0.1) is 5.54 Å². The summed E-state index contributed by atoms with van der Waals surface area (Å²) >= 11 is 0. The van der Waals surface area contributed by atoms with Crippen molar-refractivity contribution in [3.05, 3.63) is 12.2 Å². The second-order valence-electron chi connectivity index (χ2n) is 4.02. The fraction of sp³-hybridized carbons (Fsp3) is 0.727. The fourth-order valence-electron chi connectivity index (χ4n) is 0.970. The van der Waals surface area contributed by atoms with E-state index in [0.29, 0.717) is 12.1 Å². The van der Waals surface area contributed by atoms with Crippen LogP contribution in [0.25, 0.3) is 0 Å². The van der Waals surface area contributed by atoms with Crippen LogP contribution >= 0.6 is 12.4 Å². The first-order valence-electron chi connectivity index (χ1n) is 5.00. The summed E-state index contributed by atoms with van der Waals surface area (Å²) in [5, 5.41) is 1.70. The molecule has 0 saturated heterocycles. The highest BCUT2D eigenvalue weighted by Crippen LogP contribution is 2.19. The van der Waals surface area contributed by atoms with Crippen molar-refractivity contribution in [1.29, 1.82) is 0 Å². The van der Waals surface area contributed by atoms with E-state index in [-0.39, 0.29) is 23.9 Å². The van der Waals surface area contributed by atoms with Crippen LogP contribution in [0.15, 0.2) is 12.2 Å². The van der Waals surface area contributed by atoms with E-state index in [1.54, 1.807) is 12.0 Å². The Bertz CT molecular complexity index is 227. The largest absolute Gasteiger partial charge is 0.364 e. The van der Waals surface area contributed by atoms with Crippen molar-refractivity contribution in [3.8, 4) is 0 Å². The Morgan fingerprint density at radius 1 is 1.40 bits per heavy atom. The molecule has 0 aliphatic carbocycles. The Balaban J connectivity index is 0. The van der Waals surface area contributed by atoms with Gasteiger partial charge in [-0.2, -0.15) is 0 Å². The molecule has 0 spiro atoms. The molecule has 0 aromatic heterocycles. The number of hydrogen-bond acceptors (Lipinski definition) is 3. The first-order chi connectivity index (χ1) is 6.35. The van der Waals surface area contributed by atoms with Gasteiger partial charge in [0.15, 0.2) is 0 Å². The van der Waals surface area contributed by atoms with Crippen molar-refractivity contribution < 1.29 is 9.63 Å². The molecule has 0 saturated carbocycles. The molecule has 0 fully saturated rings. The molecule has 0 bridgehead atoms. The maximum atomic E-state index is 11.3. The standard InChI is InChI=1S/C11H21NO2.ClH/c1-7-11(5,6)12(8-2)14-10(13)9(3)4;/h3,7-8H2,1-2,4-6H3;1H. The molecule has 0 rings (SSSR count). The summed E-state index contributed by atoms with van der Waals surface area (Å²) < 4.78 is 0. The lowest BCUT2D eigenvalue weighted by atomic mass is 10.0. The molecule has 90 valence electrons. The molecule has 3 nitrogen and oxygen atoms in total. The second kappa shape index (κ2) is 6.85. The highest BCUT2D eigenvalue weighted by atomic mass is 35.5. The van der Waals surface area contributed by atoms with Crippen LogP contribution in [0.3, 0.4) is 0 Å². The zero-order valence-electron chi connectivity index (χ0n) is 10.3. The van der Waals surface area contributed by atoms with Gasteiger partial charge in [-0.15, -0.1) is 17.5 Å². The van der Waals surface area contributed by atoms with Gasteiger partial charge in [0, 0.05) is 12.1 Å². The second-order valence-corrected chi connectivity index (χ2v) is 4.02. The van der Waals surface area contributed by atoms with E-state index < -0.39 is 0 Å². The van der Waals surface area contributed by atoms with Crippen molar-refractivity contribution >= 4 is 18.4 Å². The predicted octanol–water partition coefficient (Wildman–Crippen LogP) is 2.95. The quantitative estimate of drug-likeness (QED) is 0.542. The van der Waals surface area contributed by atoms with Gasteiger partial charge < -0.3 is 4.84 Å². The van der Waals surface area contributed by atoms with Gasteiger partial charge in [-0.3, -0.25) is 0 Å². The topological polar surface area (TPSA) is 29.5 Å². The number of hydrogen-bond donors (Lipinski definition) is 0. The lowest BCUT2D eigenvalue weighted by Crippen LogP contribution is -2.44. The van der Waals surface area contributed by atoms with Gasteiger partial charge in [-0.05, 0) is 34.1 Å². The normalized spacial score (nSPS) is 10.8. The summed E-state index contributed by atoms with van der Waals surface area (Å²) in [5.74, 6) is -0.353. The molecule has 4 heteroatoms. The molecule has 0 radical (unpaired) electrons. The molecule has 0 aliphatic heterocycles. The Morgan fingerprint density at radius 3 is 2.13 bits per heavy atom. The molecule has 0 amide bonds. The van der Waals surface area contributed by atoms with E-state index in [0.717, 1.165) is 6.42 Å². The summed E-state index contributed by atoms with van der Waals surface area (Å²) in [6.45, 7) is 14.0. The van der Waals surface area contributed by atoms with Crippen molar-refractivity contribution in [3.63, 3.8) is 0 Å². The van der Waals surface area contributed by atoms with Gasteiger partial charge in [0.1, 0.15) is 0 Å². The summed E-state index contributed by atoms with van der Waals surface area (Å²) in [7, 11) is 0. The Morgan fingerprint density at radius 2 is 1.87 bits per heavy atom. The molecule has 0 atom stereocenters. The predicted molar refractivity (Wildman–Crippen MR) is 64.9 cm³/mol. The monoisotopic (exact) mass is 235 g/mol. The number of rotatable bonds is 5. The summed E-state index contributed by atoms with van der Waals surface area (Å²) in [4.78, 5) is 16.5. The van der Waals surface area contributed by atoms with E-state index in [1.165, 1.54) is 0 Å². The van der Waals surface area contributed by atoms with Crippen LogP contribution in [0.2, 0.25) is 0 Å². The van der Waals surface area contributed by atoms with Gasteiger partial charge in [-0.1, -0.05) is 13.5 Å². The smallest absolute Gasteiger partial charge is 0.352 e. The van der Waals surface area contributed by atoms with Gasteiger partial charge in [0.25, 0.3) is 0 Å². The third-order valence-corrected chi connectivity index (χ3v) is 2.37. The number of nitrogens with zero attached hydrogens (tertiary/aromatic N) is 1. The van der Waals surface area contributed by atoms with Crippen LogP contribution in [0.5, 0.6) is 0 Å². The maximum Gasteiger partial charge on any atom is 0.352 e. The maximum absolute atomic E-state index is 11.3. The third kappa shape index (κ3) is 5.19. The van der Waals surface area contributed by atoms with Crippen LogP contribution in [0, 0.1) is 0 Å². The number of carbonyl (C=O) groups is 1. The molecule has 0 aromatic carbocycles. The zero-order valence-corrected chi connectivity index (χ0v) is 11.1. The zero-order chi connectivity index (χ0) is 11.4. The van der Waals surface area contributed by atoms with Crippen LogP contribution in [0.1, 0.15) is 41.0 Å². The number of carbonyl (C=O) groups excluding carboxylic acids is 1. The molecule has 0 heterocycles. The minimum atomic E-state index is -0.353. The minimum Gasteiger partial charge on any atom is -0.364 e. The number of halogens is 1. The molecular weight excluding hydrogens is 214 g/mol. The van der Waals surface area contributed by atoms with E-state index in [2.05, 4.69) is 13.5 Å². The van der Waals surface area contributed by atoms with Crippen LogP contribution in [0.4, 0.5) is 0 Å². The van der Waals surface area contributed by atoms with Crippen LogP contribution in [-0.4, -0.2) is 23.1 Å². The van der Waals surface area contributed by atoms with Crippen molar-refractivity contribution in [2.45, 2.75) is 46.6 Å². The van der Waals surface area contributed by atoms with Gasteiger partial charge in [-0.25, -0.2) is 4.79 Å². The Hall–Kier alpha value is -0.540. The first-order valence-corrected chi connectivity index (χ1v) is 5.00. The number of hydroxylamine groups is 2. The molecule has 15 heavy (non-hydrogen) atoms. The van der Waals surface area contributed by atoms with E-state index >= 15 is 0 Å². The molecular formula is C11H22ClNO2. The first kappa shape index (κ1) is 16.9. The van der Waals surface area contributed by atoms with Crippen molar-refractivity contribution in [2.24, 2.45) is 0 Å². The molecule has 0 N–H and O–H groups in total. The summed E-state index contributed by atoms with van der Waals surface area (Å²) in [5.41, 5.74) is 0.301. The van der Waals surface area contributed by atoms with Crippen LogP contribution < -0.4 is 0 Å². The average Bonchev–Trinajstić information content (AvgIpc) is 2.13. The lowest BCUT2D eigenvalue weighted by molar-refractivity contribution is -0.211. The van der Waals surface area contributed by atoms with Gasteiger partial charge >= 0.3 is 5.97 Å². The molecule has 0 aliphatic rings. The third-order valence-electron chi connectivity index (χ3n) is 2.37. The summed E-state index contributed by atoms with van der Waals surface area (Å²) in [6.07, 6.45) is 0.921. The Kier molecular flexibility index (Phi) is 7.71.